The summed E-state index contributed by atoms with van der Waals surface area (Å²) in [5.74, 6) is -0.434. The molecule has 1 amide bonds. The Balaban J connectivity index is 1.68. The molecule has 4 heteroatoms. The fraction of sp³-hybridized carbons (Fsp3) is 0.364. The summed E-state index contributed by atoms with van der Waals surface area (Å²) in [6, 6.07) is 16.0. The van der Waals surface area contributed by atoms with E-state index in [1.54, 1.807) is 0 Å². The second kappa shape index (κ2) is 8.17. The first-order chi connectivity index (χ1) is 12.5. The molecule has 1 saturated heterocycles. The normalized spacial score (nSPS) is 17.1. The largest absolute Gasteiger partial charge is 0.481 e. The maximum atomic E-state index is 12.8. The first kappa shape index (κ1) is 18.2. The van der Waals surface area contributed by atoms with Crippen LogP contribution in [-0.2, 0) is 4.79 Å². The topological polar surface area (TPSA) is 57.6 Å². The molecule has 1 aliphatic rings. The van der Waals surface area contributed by atoms with Gasteiger partial charge in [-0.2, -0.15) is 0 Å². The number of hydrogen-bond acceptors (Lipinski definition) is 2. The summed E-state index contributed by atoms with van der Waals surface area (Å²) >= 11 is 0. The predicted octanol–water partition coefficient (Wildman–Crippen LogP) is 4.38. The second-order valence-electron chi connectivity index (χ2n) is 7.08. The number of likely N-dealkylation sites (tertiary alicyclic amines) is 1. The average Bonchev–Trinajstić information content (AvgIpc) is 2.66. The molecule has 26 heavy (non-hydrogen) atoms. The Hall–Kier alpha value is -2.62. The summed E-state index contributed by atoms with van der Waals surface area (Å²) in [6.45, 7) is 3.49. The summed E-state index contributed by atoms with van der Waals surface area (Å²) < 4.78 is 0. The number of amides is 1. The summed E-state index contributed by atoms with van der Waals surface area (Å²) in [4.78, 5) is 25.5. The third kappa shape index (κ3) is 4.31. The molecule has 2 aromatic carbocycles. The van der Waals surface area contributed by atoms with Crippen molar-refractivity contribution >= 4 is 11.9 Å². The Morgan fingerprint density at radius 3 is 2.54 bits per heavy atom. The molecular formula is C22H25NO3. The first-order valence-electron chi connectivity index (χ1n) is 9.21. The molecule has 2 aromatic rings. The van der Waals surface area contributed by atoms with E-state index in [1.807, 2.05) is 41.3 Å². The minimum absolute atomic E-state index is 0.0429. The van der Waals surface area contributed by atoms with E-state index >= 15 is 0 Å². The lowest BCUT2D eigenvalue weighted by Gasteiger charge is -2.32. The van der Waals surface area contributed by atoms with Crippen molar-refractivity contribution in [3.05, 3.63) is 59.7 Å². The van der Waals surface area contributed by atoms with Gasteiger partial charge < -0.3 is 10.0 Å². The molecule has 1 heterocycles. The van der Waals surface area contributed by atoms with Gasteiger partial charge >= 0.3 is 5.97 Å². The van der Waals surface area contributed by atoms with Gasteiger partial charge in [0.05, 0.1) is 0 Å². The third-order valence-electron chi connectivity index (χ3n) is 5.16. The summed E-state index contributed by atoms with van der Waals surface area (Å²) in [6.07, 6.45) is 2.77. The molecule has 1 aliphatic heterocycles. The standard InChI is InChI=1S/C22H25NO3/c1-16-5-2-3-7-20(16)18-9-11-19(12-10-18)22(26)23-14-4-6-17(15-23)8-13-21(24)25/h2-3,5,7,9-12,17H,4,6,8,13-15H2,1H3,(H,24,25). The molecule has 0 saturated carbocycles. The lowest BCUT2D eigenvalue weighted by atomic mass is 9.93. The smallest absolute Gasteiger partial charge is 0.303 e. The van der Waals surface area contributed by atoms with Gasteiger partial charge in [0, 0.05) is 25.1 Å². The maximum absolute atomic E-state index is 12.8. The van der Waals surface area contributed by atoms with Crippen LogP contribution in [0.1, 0.15) is 41.6 Å². The van der Waals surface area contributed by atoms with Crippen LogP contribution < -0.4 is 0 Å². The zero-order valence-electron chi connectivity index (χ0n) is 15.1. The highest BCUT2D eigenvalue weighted by molar-refractivity contribution is 5.94. The quantitative estimate of drug-likeness (QED) is 0.870. The van der Waals surface area contributed by atoms with E-state index in [-0.39, 0.29) is 18.2 Å². The van der Waals surface area contributed by atoms with Crippen molar-refractivity contribution in [3.63, 3.8) is 0 Å². The van der Waals surface area contributed by atoms with Crippen molar-refractivity contribution in [1.82, 2.24) is 4.90 Å². The molecule has 0 aromatic heterocycles. The Bertz CT molecular complexity index is 782. The van der Waals surface area contributed by atoms with E-state index in [4.69, 9.17) is 5.11 Å². The fourth-order valence-corrected chi connectivity index (χ4v) is 3.68. The fourth-order valence-electron chi connectivity index (χ4n) is 3.68. The van der Waals surface area contributed by atoms with Crippen LogP contribution in [0, 0.1) is 12.8 Å². The summed E-state index contributed by atoms with van der Waals surface area (Å²) in [5, 5.41) is 8.86. The number of hydrogen-bond donors (Lipinski definition) is 1. The molecular weight excluding hydrogens is 326 g/mol. The van der Waals surface area contributed by atoms with Crippen LogP contribution in [0.25, 0.3) is 11.1 Å². The highest BCUT2D eigenvalue weighted by Crippen LogP contribution is 2.25. The third-order valence-corrected chi connectivity index (χ3v) is 5.16. The predicted molar refractivity (Wildman–Crippen MR) is 102 cm³/mol. The van der Waals surface area contributed by atoms with Crippen molar-refractivity contribution in [2.45, 2.75) is 32.6 Å². The second-order valence-corrected chi connectivity index (χ2v) is 7.08. The van der Waals surface area contributed by atoms with Gasteiger partial charge in [-0.25, -0.2) is 0 Å². The zero-order valence-corrected chi connectivity index (χ0v) is 15.1. The van der Waals surface area contributed by atoms with Gasteiger partial charge in [0.2, 0.25) is 0 Å². The minimum Gasteiger partial charge on any atom is -0.481 e. The van der Waals surface area contributed by atoms with Crippen LogP contribution >= 0.6 is 0 Å². The maximum Gasteiger partial charge on any atom is 0.303 e. The molecule has 0 radical (unpaired) electrons. The lowest BCUT2D eigenvalue weighted by Crippen LogP contribution is -2.40. The van der Waals surface area contributed by atoms with E-state index < -0.39 is 5.97 Å². The van der Waals surface area contributed by atoms with Crippen LogP contribution in [0.2, 0.25) is 0 Å². The van der Waals surface area contributed by atoms with Gasteiger partial charge in [-0.1, -0.05) is 36.4 Å². The number of carbonyl (C=O) groups is 2. The highest BCUT2D eigenvalue weighted by atomic mass is 16.4. The monoisotopic (exact) mass is 351 g/mol. The van der Waals surface area contributed by atoms with Gasteiger partial charge in [-0.05, 0) is 60.9 Å². The molecule has 0 aliphatic carbocycles. The molecule has 1 N–H and O–H groups in total. The molecule has 1 atom stereocenters. The van der Waals surface area contributed by atoms with Crippen LogP contribution in [0.4, 0.5) is 0 Å². The molecule has 0 spiro atoms. The van der Waals surface area contributed by atoms with Crippen molar-refractivity contribution in [2.75, 3.05) is 13.1 Å². The van der Waals surface area contributed by atoms with E-state index in [9.17, 15) is 9.59 Å². The summed E-state index contributed by atoms with van der Waals surface area (Å²) in [7, 11) is 0. The van der Waals surface area contributed by atoms with Crippen molar-refractivity contribution in [2.24, 2.45) is 5.92 Å². The number of carbonyl (C=O) groups excluding carboxylic acids is 1. The van der Waals surface area contributed by atoms with Crippen molar-refractivity contribution in [1.29, 1.82) is 0 Å². The van der Waals surface area contributed by atoms with Gasteiger partial charge in [-0.3, -0.25) is 9.59 Å². The Kier molecular flexibility index (Phi) is 5.71. The van der Waals surface area contributed by atoms with E-state index in [1.165, 1.54) is 11.1 Å². The van der Waals surface area contributed by atoms with Crippen LogP contribution in [-0.4, -0.2) is 35.0 Å². The van der Waals surface area contributed by atoms with Crippen LogP contribution in [0.15, 0.2) is 48.5 Å². The molecule has 3 rings (SSSR count). The Labute approximate surface area is 154 Å². The van der Waals surface area contributed by atoms with E-state index in [0.29, 0.717) is 18.5 Å². The number of piperidine rings is 1. The number of carboxylic acids is 1. The minimum atomic E-state index is -0.764. The Morgan fingerprint density at radius 2 is 1.85 bits per heavy atom. The summed E-state index contributed by atoms with van der Waals surface area (Å²) in [5.41, 5.74) is 4.20. The average molecular weight is 351 g/mol. The SMILES string of the molecule is Cc1ccccc1-c1ccc(C(=O)N2CCCC(CCC(=O)O)C2)cc1. The van der Waals surface area contributed by atoms with E-state index in [2.05, 4.69) is 19.1 Å². The van der Waals surface area contributed by atoms with Gasteiger partial charge in [0.1, 0.15) is 0 Å². The van der Waals surface area contributed by atoms with Crippen molar-refractivity contribution in [3.8, 4) is 11.1 Å². The number of carboxylic acid groups (broad SMARTS) is 1. The number of aryl methyl sites for hydroxylation is 1. The first-order valence-corrected chi connectivity index (χ1v) is 9.21. The number of benzene rings is 2. The zero-order chi connectivity index (χ0) is 18.5. The molecule has 0 bridgehead atoms. The molecule has 1 fully saturated rings. The lowest BCUT2D eigenvalue weighted by molar-refractivity contribution is -0.137. The van der Waals surface area contributed by atoms with Crippen LogP contribution in [0.5, 0.6) is 0 Å². The number of rotatable bonds is 5. The molecule has 1 unspecified atom stereocenters. The number of aliphatic carboxylic acids is 1. The molecule has 136 valence electrons. The van der Waals surface area contributed by atoms with Crippen LogP contribution in [0.3, 0.4) is 0 Å². The molecule has 4 nitrogen and oxygen atoms in total. The highest BCUT2D eigenvalue weighted by Gasteiger charge is 2.24. The van der Waals surface area contributed by atoms with E-state index in [0.717, 1.165) is 24.9 Å². The van der Waals surface area contributed by atoms with Gasteiger partial charge in [0.15, 0.2) is 0 Å². The number of nitrogens with zero attached hydrogens (tertiary/aromatic N) is 1. The Morgan fingerprint density at radius 1 is 1.12 bits per heavy atom. The van der Waals surface area contributed by atoms with Crippen molar-refractivity contribution < 1.29 is 14.7 Å². The van der Waals surface area contributed by atoms with Gasteiger partial charge in [0.25, 0.3) is 5.91 Å². The van der Waals surface area contributed by atoms with Gasteiger partial charge in [-0.15, -0.1) is 0 Å².